The molecule has 0 aliphatic heterocycles. The molecule has 0 aliphatic carbocycles. The molecule has 36 heavy (non-hydrogen) atoms. The van der Waals surface area contributed by atoms with Gasteiger partial charge in [0.05, 0.1) is 28.7 Å². The van der Waals surface area contributed by atoms with Crippen molar-refractivity contribution < 1.29 is 9.59 Å². The second kappa shape index (κ2) is 12.4. The Morgan fingerprint density at radius 3 is 2.33 bits per heavy atom. The molecule has 1 N–H and O–H groups in total. The second-order valence-corrected chi connectivity index (χ2v) is 9.57. The van der Waals surface area contributed by atoms with E-state index in [1.54, 1.807) is 15.6 Å². The maximum Gasteiger partial charge on any atom is 0.245 e. The zero-order chi connectivity index (χ0) is 25.3. The van der Waals surface area contributed by atoms with E-state index in [0.717, 1.165) is 16.9 Å². The van der Waals surface area contributed by atoms with Crippen LogP contribution in [-0.4, -0.2) is 45.3 Å². The highest BCUT2D eigenvalue weighted by Crippen LogP contribution is 2.28. The van der Waals surface area contributed by atoms with Crippen LogP contribution in [0.3, 0.4) is 0 Å². The largest absolute Gasteiger partial charge is 0.333 e. The van der Waals surface area contributed by atoms with Gasteiger partial charge >= 0.3 is 0 Å². The fraction of sp³-hybridized carbons (Fsp3) is 0.179. The number of aromatic nitrogens is 2. The standard InChI is InChI=1S/C28H27ClN4O2S/c1-2-17-32(28(35)20-36-22-13-7-4-8-14-22)19-27(34)30-26-18-24(21-11-5-3-6-12-21)31-33(26)25-16-10-9-15-23(25)29/h3-16,18H,2,17,19-20H2,1H3,(H,30,34). The lowest BCUT2D eigenvalue weighted by Gasteiger charge is -2.21. The normalized spacial score (nSPS) is 10.7. The molecular weight excluding hydrogens is 492 g/mol. The quantitative estimate of drug-likeness (QED) is 0.255. The molecule has 0 fully saturated rings. The maximum atomic E-state index is 13.1. The minimum atomic E-state index is -0.297. The van der Waals surface area contributed by atoms with Crippen molar-refractivity contribution in [1.29, 1.82) is 0 Å². The molecule has 0 saturated heterocycles. The van der Waals surface area contributed by atoms with Gasteiger partial charge in [-0.1, -0.05) is 79.2 Å². The Balaban J connectivity index is 1.52. The molecule has 0 atom stereocenters. The molecule has 0 radical (unpaired) electrons. The van der Waals surface area contributed by atoms with Crippen LogP contribution in [0.4, 0.5) is 5.82 Å². The van der Waals surface area contributed by atoms with Crippen molar-refractivity contribution in [2.24, 2.45) is 0 Å². The first kappa shape index (κ1) is 25.5. The summed E-state index contributed by atoms with van der Waals surface area (Å²) in [5, 5.41) is 8.17. The van der Waals surface area contributed by atoms with Crippen molar-refractivity contribution in [3.05, 3.63) is 96.0 Å². The first-order chi connectivity index (χ1) is 17.5. The van der Waals surface area contributed by atoms with Crippen LogP contribution in [0, 0.1) is 0 Å². The van der Waals surface area contributed by atoms with Gasteiger partial charge in [-0.15, -0.1) is 11.8 Å². The zero-order valence-corrected chi connectivity index (χ0v) is 21.5. The topological polar surface area (TPSA) is 67.2 Å². The van der Waals surface area contributed by atoms with Crippen LogP contribution in [0.1, 0.15) is 13.3 Å². The first-order valence-electron chi connectivity index (χ1n) is 11.7. The van der Waals surface area contributed by atoms with Crippen molar-refractivity contribution in [2.45, 2.75) is 18.2 Å². The van der Waals surface area contributed by atoms with Gasteiger partial charge in [0.15, 0.2) is 0 Å². The molecule has 1 aromatic heterocycles. The number of carbonyl (C=O) groups is 2. The Hall–Kier alpha value is -3.55. The number of amides is 2. The van der Waals surface area contributed by atoms with Gasteiger partial charge in [0.1, 0.15) is 5.82 Å². The van der Waals surface area contributed by atoms with Crippen LogP contribution in [0.25, 0.3) is 16.9 Å². The average molecular weight is 519 g/mol. The van der Waals surface area contributed by atoms with Crippen LogP contribution in [-0.2, 0) is 9.59 Å². The van der Waals surface area contributed by atoms with Gasteiger partial charge in [-0.2, -0.15) is 5.10 Å². The van der Waals surface area contributed by atoms with Crippen LogP contribution in [0.5, 0.6) is 0 Å². The third-order valence-electron chi connectivity index (χ3n) is 5.41. The molecule has 184 valence electrons. The molecule has 0 aliphatic rings. The third kappa shape index (κ3) is 6.56. The molecule has 0 bridgehead atoms. The highest BCUT2D eigenvalue weighted by molar-refractivity contribution is 8.00. The Kier molecular flexibility index (Phi) is 8.81. The first-order valence-corrected chi connectivity index (χ1v) is 13.1. The van der Waals surface area contributed by atoms with Gasteiger partial charge < -0.3 is 10.2 Å². The van der Waals surface area contributed by atoms with Crippen molar-refractivity contribution >= 4 is 41.0 Å². The molecule has 4 aromatic rings. The van der Waals surface area contributed by atoms with E-state index < -0.39 is 0 Å². The molecule has 6 nitrogen and oxygen atoms in total. The summed E-state index contributed by atoms with van der Waals surface area (Å²) in [4.78, 5) is 28.6. The Bertz CT molecular complexity index is 1310. The van der Waals surface area contributed by atoms with E-state index >= 15 is 0 Å². The van der Waals surface area contributed by atoms with Gasteiger partial charge in [-0.25, -0.2) is 4.68 Å². The molecule has 8 heteroatoms. The number of thioether (sulfide) groups is 1. The van der Waals surface area contributed by atoms with E-state index in [1.807, 2.05) is 91.9 Å². The van der Waals surface area contributed by atoms with Crippen LogP contribution in [0.2, 0.25) is 5.02 Å². The van der Waals surface area contributed by atoms with Crippen molar-refractivity contribution in [3.8, 4) is 16.9 Å². The van der Waals surface area contributed by atoms with Crippen LogP contribution < -0.4 is 5.32 Å². The maximum absolute atomic E-state index is 13.1. The number of hydrogen-bond acceptors (Lipinski definition) is 4. The smallest absolute Gasteiger partial charge is 0.245 e. The summed E-state index contributed by atoms with van der Waals surface area (Å²) < 4.78 is 1.62. The van der Waals surface area contributed by atoms with Crippen molar-refractivity contribution in [2.75, 3.05) is 24.2 Å². The summed E-state index contributed by atoms with van der Waals surface area (Å²) in [6.07, 6.45) is 0.755. The van der Waals surface area contributed by atoms with Crippen molar-refractivity contribution in [3.63, 3.8) is 0 Å². The van der Waals surface area contributed by atoms with Crippen LogP contribution in [0.15, 0.2) is 95.9 Å². The number of nitrogens with one attached hydrogen (secondary N) is 1. The molecular formula is C28H27ClN4O2S. The minimum Gasteiger partial charge on any atom is -0.333 e. The van der Waals surface area contributed by atoms with Gasteiger partial charge in [-0.3, -0.25) is 9.59 Å². The SMILES string of the molecule is CCCN(CC(=O)Nc1cc(-c2ccccc2)nn1-c1ccccc1Cl)C(=O)CSc1ccccc1. The van der Waals surface area contributed by atoms with E-state index in [1.165, 1.54) is 11.8 Å². The summed E-state index contributed by atoms with van der Waals surface area (Å²) in [6, 6.07) is 28.6. The number of benzene rings is 3. The molecule has 0 spiro atoms. The number of rotatable bonds is 10. The summed E-state index contributed by atoms with van der Waals surface area (Å²) in [5.74, 6) is 0.377. The van der Waals surface area contributed by atoms with E-state index in [4.69, 9.17) is 16.7 Å². The van der Waals surface area contributed by atoms with Crippen LogP contribution >= 0.6 is 23.4 Å². The van der Waals surface area contributed by atoms with E-state index in [-0.39, 0.29) is 24.1 Å². The minimum absolute atomic E-state index is 0.0452. The lowest BCUT2D eigenvalue weighted by atomic mass is 10.1. The summed E-state index contributed by atoms with van der Waals surface area (Å²) in [6.45, 7) is 2.44. The Morgan fingerprint density at radius 2 is 1.64 bits per heavy atom. The van der Waals surface area contributed by atoms with Crippen molar-refractivity contribution in [1.82, 2.24) is 14.7 Å². The Morgan fingerprint density at radius 1 is 0.972 bits per heavy atom. The third-order valence-corrected chi connectivity index (χ3v) is 6.73. The van der Waals surface area contributed by atoms with E-state index in [2.05, 4.69) is 5.32 Å². The molecule has 3 aromatic carbocycles. The predicted molar refractivity (Wildman–Crippen MR) is 147 cm³/mol. The molecule has 0 unspecified atom stereocenters. The van der Waals surface area contributed by atoms with Gasteiger partial charge in [0.25, 0.3) is 0 Å². The zero-order valence-electron chi connectivity index (χ0n) is 19.9. The lowest BCUT2D eigenvalue weighted by molar-refractivity contribution is -0.132. The average Bonchev–Trinajstić information content (AvgIpc) is 3.31. The van der Waals surface area contributed by atoms with E-state index in [0.29, 0.717) is 28.8 Å². The lowest BCUT2D eigenvalue weighted by Crippen LogP contribution is -2.39. The highest BCUT2D eigenvalue weighted by Gasteiger charge is 2.20. The summed E-state index contributed by atoms with van der Waals surface area (Å²) in [5.41, 5.74) is 2.27. The van der Waals surface area contributed by atoms with E-state index in [9.17, 15) is 9.59 Å². The number of hydrogen-bond donors (Lipinski definition) is 1. The molecule has 2 amide bonds. The second-order valence-electron chi connectivity index (χ2n) is 8.11. The Labute approximate surface area is 220 Å². The highest BCUT2D eigenvalue weighted by atomic mass is 35.5. The molecule has 4 rings (SSSR count). The molecule has 1 heterocycles. The number of anilines is 1. The predicted octanol–water partition coefficient (Wildman–Crippen LogP) is 6.16. The number of para-hydroxylation sites is 1. The summed E-state index contributed by atoms with van der Waals surface area (Å²) >= 11 is 7.91. The monoisotopic (exact) mass is 518 g/mol. The number of halogens is 1. The number of carbonyl (C=O) groups excluding carboxylic acids is 2. The van der Waals surface area contributed by atoms with Gasteiger partial charge in [0, 0.05) is 23.1 Å². The summed E-state index contributed by atoms with van der Waals surface area (Å²) in [7, 11) is 0. The molecule has 0 saturated carbocycles. The number of nitrogens with zero attached hydrogens (tertiary/aromatic N) is 3. The fourth-order valence-corrected chi connectivity index (χ4v) is 4.74. The van der Waals surface area contributed by atoms with Gasteiger partial charge in [0.2, 0.25) is 11.8 Å². The fourth-order valence-electron chi connectivity index (χ4n) is 3.70. The van der Waals surface area contributed by atoms with Gasteiger partial charge in [-0.05, 0) is 30.7 Å².